The summed E-state index contributed by atoms with van der Waals surface area (Å²) < 4.78 is 0. The van der Waals surface area contributed by atoms with Gasteiger partial charge in [-0.25, -0.2) is 4.98 Å². The second kappa shape index (κ2) is 2.78. The summed E-state index contributed by atoms with van der Waals surface area (Å²) in [6, 6.07) is 1.55. The summed E-state index contributed by atoms with van der Waals surface area (Å²) in [6.07, 6.45) is 1.51. The highest BCUT2D eigenvalue weighted by Gasteiger charge is 1.95. The van der Waals surface area contributed by atoms with Crippen LogP contribution in [0.15, 0.2) is 17.2 Å². The predicted octanol–water partition coefficient (Wildman–Crippen LogP) is 2.68. The van der Waals surface area contributed by atoms with Crippen LogP contribution in [0.5, 0.6) is 0 Å². The van der Waals surface area contributed by atoms with Crippen molar-refractivity contribution < 1.29 is 0 Å². The van der Waals surface area contributed by atoms with Gasteiger partial charge in [-0.05, 0) is 6.07 Å². The summed E-state index contributed by atoms with van der Waals surface area (Å²) in [4.78, 5) is 4.38. The fourth-order valence-electron chi connectivity index (χ4n) is 0.400. The molecule has 1 nitrogen and oxygen atoms in total. The smallest absolute Gasteiger partial charge is 0.130 e. The number of halogens is 2. The molecule has 48 valence electrons. The minimum Gasteiger partial charge on any atom is -0.243 e. The molecule has 0 bridgehead atoms. The maximum absolute atomic E-state index is 5.61. The second-order valence-electron chi connectivity index (χ2n) is 1.46. The van der Waals surface area contributed by atoms with Gasteiger partial charge in [-0.2, -0.15) is 0 Å². The largest absolute Gasteiger partial charge is 0.243 e. The third-order valence-electron chi connectivity index (χ3n) is 0.801. The van der Waals surface area contributed by atoms with Crippen molar-refractivity contribution in [1.29, 1.82) is 0 Å². The molecule has 0 N–H and O–H groups in total. The van der Waals surface area contributed by atoms with Crippen LogP contribution in [0, 0.1) is 0 Å². The van der Waals surface area contributed by atoms with Gasteiger partial charge >= 0.3 is 0 Å². The maximum Gasteiger partial charge on any atom is 0.130 e. The fourth-order valence-corrected chi connectivity index (χ4v) is 0.888. The van der Waals surface area contributed by atoms with Gasteiger partial charge in [0.2, 0.25) is 0 Å². The van der Waals surface area contributed by atoms with Crippen LogP contribution in [-0.2, 0) is 0 Å². The van der Waals surface area contributed by atoms with Crippen molar-refractivity contribution in [3.05, 3.63) is 22.4 Å². The number of thiol groups is 1. The Bertz CT molecular complexity index is 226. The number of aromatic nitrogens is 1. The van der Waals surface area contributed by atoms with Gasteiger partial charge in [0.1, 0.15) is 5.15 Å². The van der Waals surface area contributed by atoms with Crippen molar-refractivity contribution in [2.45, 2.75) is 4.90 Å². The van der Waals surface area contributed by atoms with E-state index in [0.29, 0.717) is 15.1 Å². The first-order valence-corrected chi connectivity index (χ1v) is 3.40. The molecule has 0 radical (unpaired) electrons. The van der Waals surface area contributed by atoms with Gasteiger partial charge < -0.3 is 0 Å². The lowest BCUT2D eigenvalue weighted by Gasteiger charge is -1.93. The van der Waals surface area contributed by atoms with Gasteiger partial charge in [-0.15, -0.1) is 12.6 Å². The number of pyridine rings is 1. The Balaban J connectivity index is 3.17. The zero-order valence-electron chi connectivity index (χ0n) is 4.31. The summed E-state index contributed by atoms with van der Waals surface area (Å²) in [5.74, 6) is 0. The van der Waals surface area contributed by atoms with Crippen LogP contribution < -0.4 is 0 Å². The number of nitrogens with zero attached hydrogens (tertiary/aromatic N) is 1. The monoisotopic (exact) mass is 179 g/mol. The fraction of sp³-hybridized carbons (Fsp3) is 0. The Morgan fingerprint density at radius 1 is 1.44 bits per heavy atom. The van der Waals surface area contributed by atoms with Crippen LogP contribution in [0.3, 0.4) is 0 Å². The van der Waals surface area contributed by atoms with Gasteiger partial charge in [-0.3, -0.25) is 0 Å². The highest BCUT2D eigenvalue weighted by Crippen LogP contribution is 2.20. The molecule has 1 rings (SSSR count). The Morgan fingerprint density at radius 2 is 2.11 bits per heavy atom. The molecule has 1 aromatic rings. The SMILES string of the molecule is Sc1cnc(Cl)cc1Cl. The highest BCUT2D eigenvalue weighted by atomic mass is 35.5. The quantitative estimate of drug-likeness (QED) is 0.478. The van der Waals surface area contributed by atoms with Gasteiger partial charge in [0, 0.05) is 11.1 Å². The first-order chi connectivity index (χ1) is 4.20. The lowest BCUT2D eigenvalue weighted by Crippen LogP contribution is -1.74. The van der Waals surface area contributed by atoms with E-state index in [4.69, 9.17) is 23.2 Å². The van der Waals surface area contributed by atoms with Crippen molar-refractivity contribution in [2.24, 2.45) is 0 Å². The lowest BCUT2D eigenvalue weighted by atomic mass is 10.5. The van der Waals surface area contributed by atoms with Crippen LogP contribution in [0.1, 0.15) is 0 Å². The Hall–Kier alpha value is 0.0800. The van der Waals surface area contributed by atoms with Crippen LogP contribution in [0.4, 0.5) is 0 Å². The van der Waals surface area contributed by atoms with E-state index in [1.807, 2.05) is 0 Å². The molecule has 0 aromatic carbocycles. The van der Waals surface area contributed by atoms with E-state index < -0.39 is 0 Å². The predicted molar refractivity (Wildman–Crippen MR) is 41.5 cm³/mol. The molecule has 0 spiro atoms. The molecule has 0 atom stereocenters. The topological polar surface area (TPSA) is 12.9 Å². The molecule has 0 aliphatic heterocycles. The molecule has 0 aliphatic carbocycles. The van der Waals surface area contributed by atoms with Crippen LogP contribution in [-0.4, -0.2) is 4.98 Å². The van der Waals surface area contributed by atoms with Gasteiger partial charge in [-0.1, -0.05) is 23.2 Å². The van der Waals surface area contributed by atoms with Crippen molar-refractivity contribution in [1.82, 2.24) is 4.98 Å². The average Bonchev–Trinajstić information content (AvgIpc) is 1.80. The molecule has 0 aliphatic rings. The second-order valence-corrected chi connectivity index (χ2v) is 2.73. The summed E-state index contributed by atoms with van der Waals surface area (Å²) in [6.45, 7) is 0. The van der Waals surface area contributed by atoms with Crippen molar-refractivity contribution in [3.8, 4) is 0 Å². The molecule has 0 unspecified atom stereocenters. The van der Waals surface area contributed by atoms with Crippen LogP contribution in [0.25, 0.3) is 0 Å². The van der Waals surface area contributed by atoms with Gasteiger partial charge in [0.25, 0.3) is 0 Å². The van der Waals surface area contributed by atoms with E-state index >= 15 is 0 Å². The highest BCUT2D eigenvalue weighted by molar-refractivity contribution is 7.80. The number of rotatable bonds is 0. The van der Waals surface area contributed by atoms with Gasteiger partial charge in [0.05, 0.1) is 5.02 Å². The van der Waals surface area contributed by atoms with E-state index in [0.717, 1.165) is 0 Å². The van der Waals surface area contributed by atoms with Crippen molar-refractivity contribution >= 4 is 35.8 Å². The Labute approximate surface area is 68.4 Å². The molecule has 0 saturated carbocycles. The third-order valence-corrected chi connectivity index (χ3v) is 1.81. The molecule has 1 heterocycles. The van der Waals surface area contributed by atoms with E-state index in [-0.39, 0.29) is 0 Å². The minimum atomic E-state index is 0.387. The Kier molecular flexibility index (Phi) is 2.22. The first kappa shape index (κ1) is 7.19. The van der Waals surface area contributed by atoms with Crippen LogP contribution >= 0.6 is 35.8 Å². The van der Waals surface area contributed by atoms with Crippen molar-refractivity contribution in [2.75, 3.05) is 0 Å². The maximum atomic E-state index is 5.61. The molecule has 9 heavy (non-hydrogen) atoms. The minimum absolute atomic E-state index is 0.387. The third kappa shape index (κ3) is 1.75. The summed E-state index contributed by atoms with van der Waals surface area (Å²) in [5, 5.41) is 0.913. The molecule has 4 heteroatoms. The molecule has 1 aromatic heterocycles. The zero-order valence-corrected chi connectivity index (χ0v) is 6.71. The van der Waals surface area contributed by atoms with E-state index in [2.05, 4.69) is 17.6 Å². The first-order valence-electron chi connectivity index (χ1n) is 2.20. The standard InChI is InChI=1S/C5H3Cl2NS/c6-3-1-5(7)8-2-4(3)9/h1-2,9H. The van der Waals surface area contributed by atoms with Crippen molar-refractivity contribution in [3.63, 3.8) is 0 Å². The molecule has 0 saturated heterocycles. The molecule has 0 amide bonds. The lowest BCUT2D eigenvalue weighted by molar-refractivity contribution is 1.24. The van der Waals surface area contributed by atoms with Crippen LogP contribution in [0.2, 0.25) is 10.2 Å². The average molecular weight is 180 g/mol. The molecular formula is C5H3Cl2NS. The number of hydrogen-bond acceptors (Lipinski definition) is 2. The molecule has 0 fully saturated rings. The molecular weight excluding hydrogens is 177 g/mol. The zero-order chi connectivity index (χ0) is 6.85. The van der Waals surface area contributed by atoms with E-state index in [9.17, 15) is 0 Å². The van der Waals surface area contributed by atoms with E-state index in [1.54, 1.807) is 6.07 Å². The summed E-state index contributed by atoms with van der Waals surface area (Å²) >= 11 is 15.1. The Morgan fingerprint density at radius 3 is 2.56 bits per heavy atom. The summed E-state index contributed by atoms with van der Waals surface area (Å²) in [7, 11) is 0. The van der Waals surface area contributed by atoms with Gasteiger partial charge in [0.15, 0.2) is 0 Å². The normalized spacial score (nSPS) is 9.67. The van der Waals surface area contributed by atoms with E-state index in [1.165, 1.54) is 6.20 Å². The number of hydrogen-bond donors (Lipinski definition) is 1. The summed E-state index contributed by atoms with van der Waals surface area (Å²) in [5.41, 5.74) is 0.